The normalized spacial score (nSPS) is 9.41. The third-order valence-electron chi connectivity index (χ3n) is 1.85. The first-order valence-corrected chi connectivity index (χ1v) is 5.08. The molecule has 0 heterocycles. The SMILES string of the molecule is C=CCNC(=S)Nc1cc([N+](=O)[O-])ccc1O. The summed E-state index contributed by atoms with van der Waals surface area (Å²) in [5, 5.41) is 25.7. The van der Waals surface area contributed by atoms with E-state index < -0.39 is 4.92 Å². The second-order valence-electron chi connectivity index (χ2n) is 3.08. The molecule has 1 rings (SSSR count). The molecule has 17 heavy (non-hydrogen) atoms. The summed E-state index contributed by atoms with van der Waals surface area (Å²) in [5.74, 6) is -0.113. The predicted octanol–water partition coefficient (Wildman–Crippen LogP) is 1.77. The Morgan fingerprint density at radius 1 is 1.65 bits per heavy atom. The Kier molecular flexibility index (Phi) is 4.41. The van der Waals surface area contributed by atoms with E-state index in [1.165, 1.54) is 18.2 Å². The topological polar surface area (TPSA) is 87.4 Å². The van der Waals surface area contributed by atoms with Crippen LogP contribution in [-0.2, 0) is 0 Å². The molecule has 0 aliphatic carbocycles. The van der Waals surface area contributed by atoms with E-state index in [2.05, 4.69) is 17.2 Å². The molecule has 0 unspecified atom stereocenters. The van der Waals surface area contributed by atoms with Gasteiger partial charge >= 0.3 is 0 Å². The second kappa shape index (κ2) is 5.80. The molecule has 0 saturated carbocycles. The summed E-state index contributed by atoms with van der Waals surface area (Å²) in [4.78, 5) is 10.0. The lowest BCUT2D eigenvalue weighted by Gasteiger charge is -2.09. The number of nitro benzene ring substituents is 1. The van der Waals surface area contributed by atoms with Crippen molar-refractivity contribution < 1.29 is 10.0 Å². The number of benzene rings is 1. The average molecular weight is 253 g/mol. The summed E-state index contributed by atoms with van der Waals surface area (Å²) in [6.45, 7) is 3.97. The maximum Gasteiger partial charge on any atom is 0.271 e. The van der Waals surface area contributed by atoms with Crippen molar-refractivity contribution in [3.05, 3.63) is 41.0 Å². The maximum atomic E-state index is 10.6. The highest BCUT2D eigenvalue weighted by Gasteiger charge is 2.10. The monoisotopic (exact) mass is 253 g/mol. The molecule has 1 aromatic carbocycles. The molecule has 1 aromatic rings. The van der Waals surface area contributed by atoms with Crippen molar-refractivity contribution in [2.45, 2.75) is 0 Å². The number of thiocarbonyl (C=S) groups is 1. The minimum atomic E-state index is -0.551. The van der Waals surface area contributed by atoms with Crippen LogP contribution in [0.25, 0.3) is 0 Å². The van der Waals surface area contributed by atoms with Gasteiger partial charge in [0.1, 0.15) is 5.75 Å². The maximum absolute atomic E-state index is 10.6. The molecule has 0 atom stereocenters. The van der Waals surface area contributed by atoms with Gasteiger partial charge in [0.15, 0.2) is 5.11 Å². The quantitative estimate of drug-likeness (QED) is 0.249. The van der Waals surface area contributed by atoms with Gasteiger partial charge in [-0.25, -0.2) is 0 Å². The number of nitrogens with zero attached hydrogens (tertiary/aromatic N) is 1. The lowest BCUT2D eigenvalue weighted by atomic mass is 10.2. The van der Waals surface area contributed by atoms with Gasteiger partial charge < -0.3 is 15.7 Å². The molecule has 0 aliphatic heterocycles. The van der Waals surface area contributed by atoms with Crippen LogP contribution in [0.5, 0.6) is 5.75 Å². The van der Waals surface area contributed by atoms with E-state index >= 15 is 0 Å². The molecule has 0 radical (unpaired) electrons. The molecule has 90 valence electrons. The number of phenols is 1. The number of nitrogens with one attached hydrogen (secondary N) is 2. The van der Waals surface area contributed by atoms with Crippen molar-refractivity contribution in [2.24, 2.45) is 0 Å². The number of aromatic hydroxyl groups is 1. The molecular weight excluding hydrogens is 242 g/mol. The zero-order valence-corrected chi connectivity index (χ0v) is 9.66. The van der Waals surface area contributed by atoms with E-state index in [9.17, 15) is 15.2 Å². The molecule has 0 aromatic heterocycles. The minimum Gasteiger partial charge on any atom is -0.506 e. The largest absolute Gasteiger partial charge is 0.506 e. The van der Waals surface area contributed by atoms with Crippen molar-refractivity contribution in [2.75, 3.05) is 11.9 Å². The highest BCUT2D eigenvalue weighted by atomic mass is 32.1. The third kappa shape index (κ3) is 3.72. The molecule has 3 N–H and O–H groups in total. The first kappa shape index (κ1) is 12.9. The van der Waals surface area contributed by atoms with Crippen LogP contribution < -0.4 is 10.6 Å². The summed E-state index contributed by atoms with van der Waals surface area (Å²) >= 11 is 4.92. The lowest BCUT2D eigenvalue weighted by Crippen LogP contribution is -2.28. The Labute approximate surface area is 103 Å². The molecule has 0 saturated heterocycles. The Balaban J connectivity index is 2.82. The van der Waals surface area contributed by atoms with E-state index in [-0.39, 0.29) is 22.2 Å². The highest BCUT2D eigenvalue weighted by molar-refractivity contribution is 7.80. The van der Waals surface area contributed by atoms with Crippen molar-refractivity contribution in [1.82, 2.24) is 5.32 Å². The molecule has 0 aliphatic rings. The van der Waals surface area contributed by atoms with Gasteiger partial charge in [-0.2, -0.15) is 0 Å². The Bertz CT molecular complexity index is 462. The average Bonchev–Trinajstić information content (AvgIpc) is 2.29. The fourth-order valence-corrected chi connectivity index (χ4v) is 1.26. The van der Waals surface area contributed by atoms with E-state index in [4.69, 9.17) is 12.2 Å². The van der Waals surface area contributed by atoms with Gasteiger partial charge in [-0.1, -0.05) is 6.08 Å². The first-order chi connectivity index (χ1) is 8.04. The molecule has 6 nitrogen and oxygen atoms in total. The van der Waals surface area contributed by atoms with Crippen molar-refractivity contribution in [3.63, 3.8) is 0 Å². The Morgan fingerprint density at radius 3 is 2.94 bits per heavy atom. The van der Waals surface area contributed by atoms with Crippen molar-refractivity contribution >= 4 is 28.7 Å². The number of non-ortho nitro benzene ring substituents is 1. The zero-order chi connectivity index (χ0) is 12.8. The van der Waals surface area contributed by atoms with Crippen LogP contribution in [0, 0.1) is 10.1 Å². The number of hydrogen-bond acceptors (Lipinski definition) is 4. The third-order valence-corrected chi connectivity index (χ3v) is 2.09. The summed E-state index contributed by atoms with van der Waals surface area (Å²) in [6.07, 6.45) is 1.61. The van der Waals surface area contributed by atoms with Gasteiger partial charge in [0.05, 0.1) is 10.6 Å². The summed E-state index contributed by atoms with van der Waals surface area (Å²) < 4.78 is 0. The molecule has 0 bridgehead atoms. The van der Waals surface area contributed by atoms with Crippen LogP contribution in [0.3, 0.4) is 0 Å². The minimum absolute atomic E-state index is 0.113. The van der Waals surface area contributed by atoms with Crippen LogP contribution in [0.4, 0.5) is 11.4 Å². The summed E-state index contributed by atoms with van der Waals surface area (Å²) in [7, 11) is 0. The second-order valence-corrected chi connectivity index (χ2v) is 3.49. The fourth-order valence-electron chi connectivity index (χ4n) is 1.07. The zero-order valence-electron chi connectivity index (χ0n) is 8.84. The van der Waals surface area contributed by atoms with E-state index in [0.29, 0.717) is 6.54 Å². The molecule has 0 spiro atoms. The fraction of sp³-hybridized carbons (Fsp3) is 0.100. The number of anilines is 1. The van der Waals surface area contributed by atoms with Crippen LogP contribution >= 0.6 is 12.2 Å². The molecule has 0 amide bonds. The Hall–Kier alpha value is -2.15. The van der Waals surface area contributed by atoms with Crippen molar-refractivity contribution in [1.29, 1.82) is 0 Å². The van der Waals surface area contributed by atoms with Gasteiger partial charge in [-0.3, -0.25) is 10.1 Å². The van der Waals surface area contributed by atoms with Crippen LogP contribution in [0.15, 0.2) is 30.9 Å². The summed E-state index contributed by atoms with van der Waals surface area (Å²) in [5.41, 5.74) is 0.0533. The van der Waals surface area contributed by atoms with Gasteiger partial charge in [0.25, 0.3) is 5.69 Å². The molecule has 0 fully saturated rings. The van der Waals surface area contributed by atoms with E-state index in [1.807, 2.05) is 0 Å². The van der Waals surface area contributed by atoms with Gasteiger partial charge in [0.2, 0.25) is 0 Å². The van der Waals surface area contributed by atoms with Gasteiger partial charge in [-0.05, 0) is 18.3 Å². The molecule has 7 heteroatoms. The number of rotatable bonds is 4. The predicted molar refractivity (Wildman–Crippen MR) is 69.2 cm³/mol. The van der Waals surface area contributed by atoms with Crippen LogP contribution in [0.2, 0.25) is 0 Å². The number of nitro groups is 1. The first-order valence-electron chi connectivity index (χ1n) is 4.67. The van der Waals surface area contributed by atoms with Gasteiger partial charge in [-0.15, -0.1) is 6.58 Å². The van der Waals surface area contributed by atoms with E-state index in [0.717, 1.165) is 0 Å². The smallest absolute Gasteiger partial charge is 0.271 e. The summed E-state index contributed by atoms with van der Waals surface area (Å²) in [6, 6.07) is 3.65. The standard InChI is InChI=1S/C10H11N3O3S/c1-2-5-11-10(17)12-8-6-7(13(15)16)3-4-9(8)14/h2-4,6,14H,1,5H2,(H2,11,12,17). The molecular formula is C10H11N3O3S. The van der Waals surface area contributed by atoms with E-state index in [1.54, 1.807) is 6.08 Å². The van der Waals surface area contributed by atoms with Crippen LogP contribution in [0.1, 0.15) is 0 Å². The van der Waals surface area contributed by atoms with Gasteiger partial charge in [0, 0.05) is 18.7 Å². The lowest BCUT2D eigenvalue weighted by molar-refractivity contribution is -0.384. The van der Waals surface area contributed by atoms with Crippen molar-refractivity contribution in [3.8, 4) is 5.75 Å². The van der Waals surface area contributed by atoms with Crippen LogP contribution in [-0.4, -0.2) is 21.7 Å². The Morgan fingerprint density at radius 2 is 2.35 bits per heavy atom. The number of phenolic OH excluding ortho intramolecular Hbond substituents is 1. The number of hydrogen-bond donors (Lipinski definition) is 3. The highest BCUT2D eigenvalue weighted by Crippen LogP contribution is 2.27.